The van der Waals surface area contributed by atoms with E-state index >= 15 is 0 Å². The number of halogens is 1. The lowest BCUT2D eigenvalue weighted by atomic mass is 10.1. The lowest BCUT2D eigenvalue weighted by Gasteiger charge is -2.14. The van der Waals surface area contributed by atoms with E-state index in [9.17, 15) is 5.11 Å². The van der Waals surface area contributed by atoms with Gasteiger partial charge in [0, 0.05) is 20.1 Å². The lowest BCUT2D eigenvalue weighted by molar-refractivity contribution is 0.146. The van der Waals surface area contributed by atoms with Crippen LogP contribution in [0.15, 0.2) is 4.47 Å². The van der Waals surface area contributed by atoms with Crippen LogP contribution >= 0.6 is 15.9 Å². The van der Waals surface area contributed by atoms with Crippen molar-refractivity contribution in [3.05, 3.63) is 15.9 Å². The second kappa shape index (κ2) is 7.26. The van der Waals surface area contributed by atoms with Gasteiger partial charge in [0.1, 0.15) is 0 Å². The van der Waals surface area contributed by atoms with Crippen LogP contribution in [-0.4, -0.2) is 27.5 Å². The highest BCUT2D eigenvalue weighted by molar-refractivity contribution is 9.10. The Morgan fingerprint density at radius 1 is 1.44 bits per heavy atom. The predicted octanol–water partition coefficient (Wildman–Crippen LogP) is 2.24. The average Bonchev–Trinajstić information content (AvgIpc) is 2.55. The Morgan fingerprint density at radius 2 is 2.11 bits per heavy atom. The first-order valence-corrected chi connectivity index (χ1v) is 7.34. The zero-order chi connectivity index (χ0) is 13.7. The van der Waals surface area contributed by atoms with Gasteiger partial charge in [0.25, 0.3) is 0 Å². The molecule has 0 saturated carbocycles. The molecule has 4 nitrogen and oxygen atoms in total. The smallest absolute Gasteiger partial charge is 0.0767 e. The molecule has 0 amide bonds. The number of nitrogens with zero attached hydrogens (tertiary/aromatic N) is 2. The average molecular weight is 318 g/mol. The number of aliphatic hydroxyl groups excluding tert-OH is 1. The van der Waals surface area contributed by atoms with Gasteiger partial charge >= 0.3 is 0 Å². The van der Waals surface area contributed by atoms with Crippen molar-refractivity contribution in [3.8, 4) is 0 Å². The molecule has 104 valence electrons. The van der Waals surface area contributed by atoms with Gasteiger partial charge in [-0.3, -0.25) is 4.68 Å². The fraction of sp³-hybridized carbons (Fsp3) is 0.769. The third kappa shape index (κ3) is 4.37. The fourth-order valence-electron chi connectivity index (χ4n) is 2.00. The van der Waals surface area contributed by atoms with Crippen LogP contribution in [-0.2, 0) is 20.0 Å². The van der Waals surface area contributed by atoms with E-state index in [-0.39, 0.29) is 6.10 Å². The van der Waals surface area contributed by atoms with Gasteiger partial charge in [-0.25, -0.2) is 0 Å². The highest BCUT2D eigenvalue weighted by Gasteiger charge is 2.13. The van der Waals surface area contributed by atoms with Crippen molar-refractivity contribution >= 4 is 15.9 Å². The molecule has 0 fully saturated rings. The number of hydrogen-bond donors (Lipinski definition) is 2. The Morgan fingerprint density at radius 3 is 2.61 bits per heavy atom. The summed E-state index contributed by atoms with van der Waals surface area (Å²) in [5, 5.41) is 17.5. The summed E-state index contributed by atoms with van der Waals surface area (Å²) in [5.74, 6) is 0.525. The predicted molar refractivity (Wildman–Crippen MR) is 77.5 cm³/mol. The van der Waals surface area contributed by atoms with E-state index in [0.29, 0.717) is 12.5 Å². The first-order chi connectivity index (χ1) is 8.45. The first-order valence-electron chi connectivity index (χ1n) is 6.54. The number of hydrogen-bond acceptors (Lipinski definition) is 3. The summed E-state index contributed by atoms with van der Waals surface area (Å²) < 4.78 is 2.98. The summed E-state index contributed by atoms with van der Waals surface area (Å²) in [6, 6.07) is 0. The SMILES string of the molecule is CCc1nn(C)c(CNCC(O)CC(C)C)c1Br. The van der Waals surface area contributed by atoms with E-state index in [1.165, 1.54) is 0 Å². The standard InChI is InChI=1S/C13H24BrN3O/c1-5-11-13(14)12(17(4)16-11)8-15-7-10(18)6-9(2)3/h9-10,15,18H,5-8H2,1-4H3. The number of aliphatic hydroxyl groups is 1. The van der Waals surface area contributed by atoms with Crippen LogP contribution in [0.4, 0.5) is 0 Å². The minimum Gasteiger partial charge on any atom is -0.392 e. The Hall–Kier alpha value is -0.390. The maximum Gasteiger partial charge on any atom is 0.0767 e. The van der Waals surface area contributed by atoms with Crippen molar-refractivity contribution in [1.29, 1.82) is 0 Å². The van der Waals surface area contributed by atoms with Gasteiger partial charge in [-0.05, 0) is 34.7 Å². The molecule has 1 atom stereocenters. The second-order valence-corrected chi connectivity index (χ2v) is 5.89. The van der Waals surface area contributed by atoms with Crippen LogP contribution in [0, 0.1) is 5.92 Å². The molecule has 0 spiro atoms. The molecule has 0 aliphatic heterocycles. The molecular weight excluding hydrogens is 294 g/mol. The van der Waals surface area contributed by atoms with E-state index in [1.807, 2.05) is 11.7 Å². The number of rotatable bonds is 7. The third-order valence-corrected chi connectivity index (χ3v) is 3.83. The third-order valence-electron chi connectivity index (χ3n) is 2.92. The highest BCUT2D eigenvalue weighted by atomic mass is 79.9. The Labute approximate surface area is 118 Å². The maximum atomic E-state index is 9.79. The van der Waals surface area contributed by atoms with Crippen molar-refractivity contribution in [2.75, 3.05) is 6.54 Å². The molecule has 1 aromatic heterocycles. The summed E-state index contributed by atoms with van der Waals surface area (Å²) >= 11 is 3.58. The molecule has 0 aromatic carbocycles. The molecule has 1 rings (SSSR count). The highest BCUT2D eigenvalue weighted by Crippen LogP contribution is 2.21. The van der Waals surface area contributed by atoms with Crippen LogP contribution in [0.25, 0.3) is 0 Å². The van der Waals surface area contributed by atoms with Crippen molar-refractivity contribution in [3.63, 3.8) is 0 Å². The summed E-state index contributed by atoms with van der Waals surface area (Å²) in [6.45, 7) is 7.68. The minimum absolute atomic E-state index is 0.275. The minimum atomic E-state index is -0.275. The normalized spacial score (nSPS) is 13.3. The molecule has 0 aliphatic carbocycles. The topological polar surface area (TPSA) is 50.1 Å². The molecular formula is C13H24BrN3O. The van der Waals surface area contributed by atoms with Crippen molar-refractivity contribution in [1.82, 2.24) is 15.1 Å². The van der Waals surface area contributed by atoms with Crippen molar-refractivity contribution in [2.45, 2.75) is 46.3 Å². The second-order valence-electron chi connectivity index (χ2n) is 5.10. The van der Waals surface area contributed by atoms with E-state index in [1.54, 1.807) is 0 Å². The lowest BCUT2D eigenvalue weighted by Crippen LogP contribution is -2.28. The summed E-state index contributed by atoms with van der Waals surface area (Å²) in [7, 11) is 1.95. The molecule has 1 heterocycles. The van der Waals surface area contributed by atoms with Gasteiger partial charge in [-0.2, -0.15) is 5.10 Å². The Bertz CT molecular complexity index is 377. The van der Waals surface area contributed by atoms with Gasteiger partial charge < -0.3 is 10.4 Å². The van der Waals surface area contributed by atoms with Gasteiger partial charge in [-0.1, -0.05) is 20.8 Å². The van der Waals surface area contributed by atoms with Crippen LogP contribution in [0.3, 0.4) is 0 Å². The van der Waals surface area contributed by atoms with Crippen LogP contribution in [0.2, 0.25) is 0 Å². The van der Waals surface area contributed by atoms with Gasteiger partial charge in [-0.15, -0.1) is 0 Å². The van der Waals surface area contributed by atoms with E-state index in [0.717, 1.165) is 35.2 Å². The Balaban J connectivity index is 2.46. The van der Waals surface area contributed by atoms with Gasteiger partial charge in [0.15, 0.2) is 0 Å². The quantitative estimate of drug-likeness (QED) is 0.811. The number of aryl methyl sites for hydroxylation is 2. The molecule has 1 unspecified atom stereocenters. The molecule has 18 heavy (non-hydrogen) atoms. The summed E-state index contributed by atoms with van der Waals surface area (Å²) in [6.07, 6.45) is 1.48. The van der Waals surface area contributed by atoms with E-state index in [4.69, 9.17) is 0 Å². The van der Waals surface area contributed by atoms with E-state index < -0.39 is 0 Å². The van der Waals surface area contributed by atoms with Gasteiger partial charge in [0.05, 0.1) is 22.0 Å². The van der Waals surface area contributed by atoms with Crippen LogP contribution < -0.4 is 5.32 Å². The molecule has 5 heteroatoms. The Kier molecular flexibility index (Phi) is 6.32. The zero-order valence-electron chi connectivity index (χ0n) is 11.7. The fourth-order valence-corrected chi connectivity index (χ4v) is 2.75. The molecule has 0 saturated heterocycles. The van der Waals surface area contributed by atoms with Crippen LogP contribution in [0.1, 0.15) is 38.6 Å². The largest absolute Gasteiger partial charge is 0.392 e. The van der Waals surface area contributed by atoms with Gasteiger partial charge in [0.2, 0.25) is 0 Å². The first kappa shape index (κ1) is 15.7. The number of nitrogens with one attached hydrogen (secondary N) is 1. The number of aromatic nitrogens is 2. The summed E-state index contributed by atoms with van der Waals surface area (Å²) in [4.78, 5) is 0. The monoisotopic (exact) mass is 317 g/mol. The molecule has 0 bridgehead atoms. The molecule has 2 N–H and O–H groups in total. The summed E-state index contributed by atoms with van der Waals surface area (Å²) in [5.41, 5.74) is 2.21. The zero-order valence-corrected chi connectivity index (χ0v) is 13.3. The van der Waals surface area contributed by atoms with Crippen molar-refractivity contribution in [2.24, 2.45) is 13.0 Å². The maximum absolute atomic E-state index is 9.79. The molecule has 0 radical (unpaired) electrons. The van der Waals surface area contributed by atoms with E-state index in [2.05, 4.69) is 47.1 Å². The molecule has 0 aliphatic rings. The molecule has 1 aromatic rings. The van der Waals surface area contributed by atoms with Crippen molar-refractivity contribution < 1.29 is 5.11 Å². The van der Waals surface area contributed by atoms with Crippen LogP contribution in [0.5, 0.6) is 0 Å².